The Kier molecular flexibility index (Phi) is 4.26. The average Bonchev–Trinajstić information content (AvgIpc) is 2.40. The summed E-state index contributed by atoms with van der Waals surface area (Å²) in [5.74, 6) is 0. The van der Waals surface area contributed by atoms with Crippen molar-refractivity contribution in [1.82, 2.24) is 0 Å². The lowest BCUT2D eigenvalue weighted by Crippen LogP contribution is -2.47. The van der Waals surface area contributed by atoms with E-state index < -0.39 is 8.80 Å². The van der Waals surface area contributed by atoms with E-state index >= 15 is 0 Å². The summed E-state index contributed by atoms with van der Waals surface area (Å²) < 4.78 is 0. The Morgan fingerprint density at radius 2 is 1.50 bits per heavy atom. The Balaban J connectivity index is 2.56. The molecule has 0 saturated heterocycles. The van der Waals surface area contributed by atoms with Gasteiger partial charge in [0, 0.05) is 5.50 Å². The second kappa shape index (κ2) is 5.72. The van der Waals surface area contributed by atoms with Gasteiger partial charge in [-0.1, -0.05) is 58.4 Å². The Bertz CT molecular complexity index is 534. The summed E-state index contributed by atoms with van der Waals surface area (Å²) in [6, 6.07) is 15.2. The maximum absolute atomic E-state index is 6.29. The molecule has 0 amide bonds. The van der Waals surface area contributed by atoms with Gasteiger partial charge < -0.3 is 0 Å². The standard InChI is InChI=1S/C16H19ClSi/c1-12-9-10-13(2)16(14(12)3)18(11-17)15-7-5-4-6-8-15/h4-10,18H,11H2,1-3H3. The first-order chi connectivity index (χ1) is 8.65. The van der Waals surface area contributed by atoms with E-state index in [1.165, 1.54) is 27.1 Å². The molecule has 0 fully saturated rings. The fourth-order valence-electron chi connectivity index (χ4n) is 2.53. The first-order valence-electron chi connectivity index (χ1n) is 6.32. The monoisotopic (exact) mass is 274 g/mol. The Morgan fingerprint density at radius 3 is 2.11 bits per heavy atom. The van der Waals surface area contributed by atoms with Gasteiger partial charge >= 0.3 is 0 Å². The molecule has 0 aliphatic rings. The molecule has 0 bridgehead atoms. The Morgan fingerprint density at radius 1 is 0.889 bits per heavy atom. The van der Waals surface area contributed by atoms with E-state index in [0.29, 0.717) is 0 Å². The Hall–Kier alpha value is -1.05. The summed E-state index contributed by atoms with van der Waals surface area (Å²) in [6.07, 6.45) is 0. The zero-order valence-corrected chi connectivity index (χ0v) is 13.1. The summed E-state index contributed by atoms with van der Waals surface area (Å²) >= 11 is 6.29. The molecule has 1 atom stereocenters. The van der Waals surface area contributed by atoms with Crippen LogP contribution in [0.4, 0.5) is 0 Å². The van der Waals surface area contributed by atoms with Crippen LogP contribution >= 0.6 is 11.6 Å². The topological polar surface area (TPSA) is 0 Å². The van der Waals surface area contributed by atoms with Crippen LogP contribution in [0.2, 0.25) is 0 Å². The van der Waals surface area contributed by atoms with Crippen LogP contribution in [0.3, 0.4) is 0 Å². The quantitative estimate of drug-likeness (QED) is 0.596. The first kappa shape index (κ1) is 13.4. The molecular weight excluding hydrogens is 256 g/mol. The van der Waals surface area contributed by atoms with Crippen molar-refractivity contribution >= 4 is 30.8 Å². The highest BCUT2D eigenvalue weighted by Gasteiger charge is 2.19. The van der Waals surface area contributed by atoms with Crippen molar-refractivity contribution in [2.45, 2.75) is 20.8 Å². The minimum atomic E-state index is -1.27. The lowest BCUT2D eigenvalue weighted by molar-refractivity contribution is 1.33. The van der Waals surface area contributed by atoms with Crippen LogP contribution in [-0.2, 0) is 0 Å². The van der Waals surface area contributed by atoms with Crippen LogP contribution in [0, 0.1) is 20.8 Å². The number of benzene rings is 2. The van der Waals surface area contributed by atoms with E-state index in [4.69, 9.17) is 11.6 Å². The predicted molar refractivity (Wildman–Crippen MR) is 84.2 cm³/mol. The third-order valence-corrected chi connectivity index (χ3v) is 7.72. The maximum Gasteiger partial charge on any atom is 0.118 e. The second-order valence-corrected chi connectivity index (χ2v) is 8.44. The largest absolute Gasteiger partial charge is 0.130 e. The third-order valence-electron chi connectivity index (χ3n) is 3.71. The minimum absolute atomic E-state index is 0.759. The van der Waals surface area contributed by atoms with Crippen molar-refractivity contribution < 1.29 is 0 Å². The molecule has 0 aliphatic carbocycles. The molecule has 0 N–H and O–H groups in total. The summed E-state index contributed by atoms with van der Waals surface area (Å²) in [6.45, 7) is 6.62. The number of alkyl halides is 1. The molecule has 0 heterocycles. The van der Waals surface area contributed by atoms with Crippen LogP contribution < -0.4 is 10.4 Å². The number of hydrogen-bond donors (Lipinski definition) is 0. The number of aryl methyl sites for hydroxylation is 2. The van der Waals surface area contributed by atoms with Gasteiger partial charge in [-0.3, -0.25) is 0 Å². The fraction of sp³-hybridized carbons (Fsp3) is 0.250. The van der Waals surface area contributed by atoms with Crippen molar-refractivity contribution in [2.75, 3.05) is 5.50 Å². The molecule has 2 heteroatoms. The van der Waals surface area contributed by atoms with Gasteiger partial charge in [-0.05, 0) is 31.9 Å². The molecule has 94 valence electrons. The van der Waals surface area contributed by atoms with Crippen molar-refractivity contribution in [3.63, 3.8) is 0 Å². The van der Waals surface area contributed by atoms with Gasteiger partial charge in [-0.15, -0.1) is 11.6 Å². The highest BCUT2D eigenvalue weighted by molar-refractivity contribution is 6.90. The van der Waals surface area contributed by atoms with Gasteiger partial charge in [0.15, 0.2) is 0 Å². The summed E-state index contributed by atoms with van der Waals surface area (Å²) in [5.41, 5.74) is 4.94. The molecule has 0 saturated carbocycles. The second-order valence-electron chi connectivity index (χ2n) is 4.86. The molecule has 2 aromatic rings. The van der Waals surface area contributed by atoms with Crippen LogP contribution in [0.25, 0.3) is 0 Å². The van der Waals surface area contributed by atoms with Gasteiger partial charge in [-0.25, -0.2) is 0 Å². The highest BCUT2D eigenvalue weighted by atomic mass is 35.5. The van der Waals surface area contributed by atoms with Crippen LogP contribution in [0.1, 0.15) is 16.7 Å². The van der Waals surface area contributed by atoms with Gasteiger partial charge in [0.1, 0.15) is 8.80 Å². The molecule has 2 rings (SSSR count). The minimum Gasteiger partial charge on any atom is -0.130 e. The normalized spacial score (nSPS) is 12.4. The summed E-state index contributed by atoms with van der Waals surface area (Å²) in [7, 11) is -1.27. The van der Waals surface area contributed by atoms with E-state index in [9.17, 15) is 0 Å². The summed E-state index contributed by atoms with van der Waals surface area (Å²) in [5, 5.41) is 2.96. The smallest absolute Gasteiger partial charge is 0.118 e. The van der Waals surface area contributed by atoms with Gasteiger partial charge in [0.05, 0.1) is 0 Å². The molecule has 1 unspecified atom stereocenters. The number of rotatable bonds is 3. The number of halogens is 1. The molecule has 18 heavy (non-hydrogen) atoms. The van der Waals surface area contributed by atoms with E-state index in [-0.39, 0.29) is 0 Å². The molecular formula is C16H19ClSi. The highest BCUT2D eigenvalue weighted by Crippen LogP contribution is 2.09. The maximum atomic E-state index is 6.29. The predicted octanol–water partition coefficient (Wildman–Crippen LogP) is 2.73. The average molecular weight is 275 g/mol. The van der Waals surface area contributed by atoms with Gasteiger partial charge in [0.25, 0.3) is 0 Å². The van der Waals surface area contributed by atoms with Crippen molar-refractivity contribution in [3.8, 4) is 0 Å². The number of hydrogen-bond acceptors (Lipinski definition) is 0. The summed E-state index contributed by atoms with van der Waals surface area (Å²) in [4.78, 5) is 0. The first-order valence-corrected chi connectivity index (χ1v) is 8.83. The zero-order valence-electron chi connectivity index (χ0n) is 11.2. The van der Waals surface area contributed by atoms with E-state index in [1.54, 1.807) is 0 Å². The molecule has 0 aromatic heterocycles. The molecule has 0 spiro atoms. The molecule has 0 nitrogen and oxygen atoms in total. The van der Waals surface area contributed by atoms with Crippen molar-refractivity contribution in [3.05, 3.63) is 59.2 Å². The SMILES string of the molecule is Cc1ccc(C)c([SiH](CCl)c2ccccc2)c1C. The lowest BCUT2D eigenvalue weighted by atomic mass is 10.1. The van der Waals surface area contributed by atoms with E-state index in [2.05, 4.69) is 63.2 Å². The van der Waals surface area contributed by atoms with Crippen molar-refractivity contribution in [1.29, 1.82) is 0 Å². The van der Waals surface area contributed by atoms with Crippen LogP contribution in [0.15, 0.2) is 42.5 Å². The van der Waals surface area contributed by atoms with Gasteiger partial charge in [0.2, 0.25) is 0 Å². The molecule has 0 aliphatic heterocycles. The van der Waals surface area contributed by atoms with Crippen LogP contribution in [0.5, 0.6) is 0 Å². The lowest BCUT2D eigenvalue weighted by Gasteiger charge is -2.20. The zero-order chi connectivity index (χ0) is 13.1. The van der Waals surface area contributed by atoms with E-state index in [0.717, 1.165) is 5.50 Å². The molecule has 0 radical (unpaired) electrons. The van der Waals surface area contributed by atoms with Crippen LogP contribution in [-0.4, -0.2) is 14.3 Å². The fourth-order valence-corrected chi connectivity index (χ4v) is 6.27. The van der Waals surface area contributed by atoms with Gasteiger partial charge in [-0.2, -0.15) is 0 Å². The van der Waals surface area contributed by atoms with Crippen molar-refractivity contribution in [2.24, 2.45) is 0 Å². The third kappa shape index (κ3) is 2.52. The molecule has 2 aromatic carbocycles. The Labute approximate surface area is 116 Å². The van der Waals surface area contributed by atoms with E-state index in [1.807, 2.05) is 0 Å².